The average molecular weight is 260 g/mol. The number of halogens is 3. The van der Waals surface area contributed by atoms with Crippen LogP contribution in [0.4, 0.5) is 23.7 Å². The maximum Gasteiger partial charge on any atom is 0.407 e. The number of amides is 1. The van der Waals surface area contributed by atoms with Crippen molar-refractivity contribution in [2.24, 2.45) is 0 Å². The van der Waals surface area contributed by atoms with E-state index in [1.807, 2.05) is 0 Å². The van der Waals surface area contributed by atoms with Crippen LogP contribution in [0, 0.1) is 17.5 Å². The van der Waals surface area contributed by atoms with Crippen LogP contribution in [0.25, 0.3) is 0 Å². The molecule has 0 radical (unpaired) electrons. The zero-order valence-corrected chi connectivity index (χ0v) is 9.37. The van der Waals surface area contributed by atoms with Gasteiger partial charge in [0.1, 0.15) is 0 Å². The minimum absolute atomic E-state index is 0.219. The van der Waals surface area contributed by atoms with Gasteiger partial charge in [0.05, 0.1) is 0 Å². The number of carboxylic acid groups (broad SMARTS) is 1. The summed E-state index contributed by atoms with van der Waals surface area (Å²) in [4.78, 5) is 13.5. The topological polar surface area (TPSA) is 43.8 Å². The van der Waals surface area contributed by atoms with E-state index < -0.39 is 23.5 Å². The zero-order valence-electron chi connectivity index (χ0n) is 9.37. The van der Waals surface area contributed by atoms with E-state index in [2.05, 4.69) is 0 Å². The molecule has 0 saturated carbocycles. The van der Waals surface area contributed by atoms with Crippen LogP contribution in [0.3, 0.4) is 0 Å². The van der Waals surface area contributed by atoms with Crippen molar-refractivity contribution < 1.29 is 23.1 Å². The molecule has 18 heavy (non-hydrogen) atoms. The summed E-state index contributed by atoms with van der Waals surface area (Å²) >= 11 is 0. The molecule has 98 valence electrons. The molecule has 1 amide bonds. The minimum atomic E-state index is -1.50. The first kappa shape index (κ1) is 12.5. The van der Waals surface area contributed by atoms with Crippen molar-refractivity contribution in [3.05, 3.63) is 29.6 Å². The van der Waals surface area contributed by atoms with E-state index in [-0.39, 0.29) is 18.8 Å². The Labute approximate surface area is 101 Å². The minimum Gasteiger partial charge on any atom is -0.465 e. The quantitative estimate of drug-likeness (QED) is 0.784. The number of piperazine rings is 1. The molecule has 0 unspecified atom stereocenters. The van der Waals surface area contributed by atoms with E-state index in [0.29, 0.717) is 13.1 Å². The fraction of sp³-hybridized carbons (Fsp3) is 0.364. The third-order valence-corrected chi connectivity index (χ3v) is 2.88. The van der Waals surface area contributed by atoms with Gasteiger partial charge >= 0.3 is 6.09 Å². The number of hydrogen-bond acceptors (Lipinski definition) is 2. The molecule has 0 aliphatic carbocycles. The summed E-state index contributed by atoms with van der Waals surface area (Å²) in [6.07, 6.45) is -1.02. The molecule has 1 N–H and O–H groups in total. The van der Waals surface area contributed by atoms with E-state index in [4.69, 9.17) is 5.11 Å². The van der Waals surface area contributed by atoms with Crippen LogP contribution in [0.2, 0.25) is 0 Å². The molecule has 0 aromatic heterocycles. The molecule has 0 bridgehead atoms. The smallest absolute Gasteiger partial charge is 0.407 e. The molecule has 2 rings (SSSR count). The number of hydrogen-bond donors (Lipinski definition) is 1. The molecule has 1 aliphatic heterocycles. The lowest BCUT2D eigenvalue weighted by molar-refractivity contribution is 0.142. The van der Waals surface area contributed by atoms with Gasteiger partial charge in [0.25, 0.3) is 0 Å². The van der Waals surface area contributed by atoms with Crippen molar-refractivity contribution >= 4 is 11.8 Å². The van der Waals surface area contributed by atoms with Gasteiger partial charge < -0.3 is 14.9 Å². The molecule has 1 aromatic rings. The lowest BCUT2D eigenvalue weighted by Gasteiger charge is -2.34. The highest BCUT2D eigenvalue weighted by molar-refractivity contribution is 5.65. The Morgan fingerprint density at radius 1 is 1.06 bits per heavy atom. The van der Waals surface area contributed by atoms with Gasteiger partial charge in [-0.3, -0.25) is 0 Å². The third-order valence-electron chi connectivity index (χ3n) is 2.88. The molecule has 1 aliphatic rings. The van der Waals surface area contributed by atoms with Crippen molar-refractivity contribution in [1.29, 1.82) is 0 Å². The SMILES string of the molecule is O=C(O)N1CCN(c2cc(F)c(F)c(F)c2)CC1. The lowest BCUT2D eigenvalue weighted by atomic mass is 10.2. The molecule has 1 fully saturated rings. The number of benzene rings is 1. The van der Waals surface area contributed by atoms with Crippen LogP contribution in [0.1, 0.15) is 0 Å². The summed E-state index contributed by atoms with van der Waals surface area (Å²) < 4.78 is 38.9. The third kappa shape index (κ3) is 2.34. The Morgan fingerprint density at radius 3 is 2.00 bits per heavy atom. The van der Waals surface area contributed by atoms with E-state index in [1.165, 1.54) is 4.90 Å². The Bertz CT molecular complexity index is 450. The van der Waals surface area contributed by atoms with E-state index in [0.717, 1.165) is 12.1 Å². The zero-order chi connectivity index (χ0) is 13.3. The molecule has 1 aromatic carbocycles. The predicted octanol–water partition coefficient (Wildman–Crippen LogP) is 1.90. The number of rotatable bonds is 1. The second-order valence-electron chi connectivity index (χ2n) is 3.98. The standard InChI is InChI=1S/C11H11F3N2O2/c12-8-5-7(6-9(13)10(8)14)15-1-3-16(4-2-15)11(17)18/h5-6H,1-4H2,(H,17,18). The first-order chi connectivity index (χ1) is 8.49. The van der Waals surface area contributed by atoms with Crippen molar-refractivity contribution in [3.63, 3.8) is 0 Å². The predicted molar refractivity (Wildman–Crippen MR) is 58.1 cm³/mol. The van der Waals surface area contributed by atoms with Gasteiger partial charge in [-0.2, -0.15) is 0 Å². The highest BCUT2D eigenvalue weighted by Gasteiger charge is 2.22. The largest absolute Gasteiger partial charge is 0.465 e. The molecular formula is C11H11F3N2O2. The Morgan fingerprint density at radius 2 is 1.56 bits per heavy atom. The average Bonchev–Trinajstić information content (AvgIpc) is 2.35. The molecule has 0 atom stereocenters. The summed E-state index contributed by atoms with van der Waals surface area (Å²) in [7, 11) is 0. The van der Waals surface area contributed by atoms with Gasteiger partial charge in [0.2, 0.25) is 0 Å². The Hall–Kier alpha value is -1.92. The highest BCUT2D eigenvalue weighted by atomic mass is 19.2. The highest BCUT2D eigenvalue weighted by Crippen LogP contribution is 2.22. The summed E-state index contributed by atoms with van der Waals surface area (Å²) in [6, 6.07) is 1.82. The lowest BCUT2D eigenvalue weighted by Crippen LogP contribution is -2.48. The summed E-state index contributed by atoms with van der Waals surface area (Å²) in [5, 5.41) is 8.76. The molecular weight excluding hydrogens is 249 g/mol. The monoisotopic (exact) mass is 260 g/mol. The summed E-state index contributed by atoms with van der Waals surface area (Å²) in [5.74, 6) is -3.99. The van der Waals surface area contributed by atoms with Crippen molar-refractivity contribution in [2.45, 2.75) is 0 Å². The van der Waals surface area contributed by atoms with Gasteiger partial charge in [0, 0.05) is 44.0 Å². The van der Waals surface area contributed by atoms with Crippen LogP contribution in [0.15, 0.2) is 12.1 Å². The number of nitrogens with zero attached hydrogens (tertiary/aromatic N) is 2. The van der Waals surface area contributed by atoms with E-state index in [9.17, 15) is 18.0 Å². The number of carbonyl (C=O) groups is 1. The maximum atomic E-state index is 13.1. The first-order valence-corrected chi connectivity index (χ1v) is 5.36. The first-order valence-electron chi connectivity index (χ1n) is 5.36. The Balaban J connectivity index is 2.12. The van der Waals surface area contributed by atoms with Crippen LogP contribution >= 0.6 is 0 Å². The molecule has 0 spiro atoms. The summed E-state index contributed by atoms with van der Waals surface area (Å²) in [5.41, 5.74) is 0.219. The van der Waals surface area contributed by atoms with E-state index >= 15 is 0 Å². The summed E-state index contributed by atoms with van der Waals surface area (Å²) in [6.45, 7) is 1.12. The fourth-order valence-electron chi connectivity index (χ4n) is 1.88. The molecule has 7 heteroatoms. The van der Waals surface area contributed by atoms with Crippen molar-refractivity contribution in [1.82, 2.24) is 4.90 Å². The van der Waals surface area contributed by atoms with E-state index in [1.54, 1.807) is 4.90 Å². The second kappa shape index (κ2) is 4.75. The Kier molecular flexibility index (Phi) is 3.31. The maximum absolute atomic E-state index is 13.1. The van der Waals surface area contributed by atoms with Gasteiger partial charge in [-0.25, -0.2) is 18.0 Å². The molecule has 1 heterocycles. The fourth-order valence-corrected chi connectivity index (χ4v) is 1.88. The van der Waals surface area contributed by atoms with Crippen molar-refractivity contribution in [2.75, 3.05) is 31.1 Å². The second-order valence-corrected chi connectivity index (χ2v) is 3.98. The molecule has 1 saturated heterocycles. The normalized spacial score (nSPS) is 15.9. The van der Waals surface area contributed by atoms with Crippen LogP contribution < -0.4 is 4.90 Å². The van der Waals surface area contributed by atoms with Crippen LogP contribution in [0.5, 0.6) is 0 Å². The van der Waals surface area contributed by atoms with Gasteiger partial charge in [-0.1, -0.05) is 0 Å². The van der Waals surface area contributed by atoms with Crippen LogP contribution in [-0.2, 0) is 0 Å². The van der Waals surface area contributed by atoms with Crippen LogP contribution in [-0.4, -0.2) is 42.3 Å². The van der Waals surface area contributed by atoms with Gasteiger partial charge in [0.15, 0.2) is 17.5 Å². The molecule has 4 nitrogen and oxygen atoms in total. The van der Waals surface area contributed by atoms with Gasteiger partial charge in [-0.05, 0) is 0 Å². The van der Waals surface area contributed by atoms with Gasteiger partial charge in [-0.15, -0.1) is 0 Å². The van der Waals surface area contributed by atoms with Crippen molar-refractivity contribution in [3.8, 4) is 0 Å². The number of anilines is 1.